The molecule has 0 aromatic carbocycles. The van der Waals surface area contributed by atoms with Crippen LogP contribution in [-0.2, 0) is 10.8 Å². The maximum Gasteiger partial charge on any atom is 0.274 e. The van der Waals surface area contributed by atoms with Gasteiger partial charge in [-0.2, -0.15) is 0 Å². The first-order valence-corrected chi connectivity index (χ1v) is 6.52. The normalized spacial score (nSPS) is 17.4. The van der Waals surface area contributed by atoms with E-state index in [0.717, 1.165) is 0 Å². The second kappa shape index (κ2) is 4.61. The minimum atomic E-state index is -0.785. The summed E-state index contributed by atoms with van der Waals surface area (Å²) < 4.78 is 11.2. The molecule has 86 valence electrons. The molecule has 16 heavy (non-hydrogen) atoms. The average molecular weight is 239 g/mol. The van der Waals surface area contributed by atoms with Crippen LogP contribution in [0.25, 0.3) is 0 Å². The van der Waals surface area contributed by atoms with E-state index in [0.29, 0.717) is 30.3 Å². The van der Waals surface area contributed by atoms with E-state index >= 15 is 0 Å². The first kappa shape index (κ1) is 11.1. The summed E-state index contributed by atoms with van der Waals surface area (Å²) in [6.45, 7) is 1.03. The van der Waals surface area contributed by atoms with Crippen LogP contribution in [0.3, 0.4) is 0 Å². The van der Waals surface area contributed by atoms with Crippen LogP contribution in [0, 0.1) is 0 Å². The largest absolute Gasteiger partial charge is 0.397 e. The Morgan fingerprint density at radius 1 is 1.44 bits per heavy atom. The average Bonchev–Trinajstić information content (AvgIpc) is 2.30. The minimum Gasteiger partial charge on any atom is -0.397 e. The Morgan fingerprint density at radius 3 is 2.75 bits per heavy atom. The first-order chi connectivity index (χ1) is 7.68. The number of nitrogens with two attached hydrogens (primary N) is 1. The molecule has 0 unspecified atom stereocenters. The van der Waals surface area contributed by atoms with Crippen molar-refractivity contribution in [3.8, 4) is 0 Å². The van der Waals surface area contributed by atoms with Gasteiger partial charge in [0.25, 0.3) is 5.91 Å². The summed E-state index contributed by atoms with van der Waals surface area (Å²) in [6.07, 6.45) is 1.55. The van der Waals surface area contributed by atoms with E-state index in [9.17, 15) is 9.00 Å². The lowest BCUT2D eigenvalue weighted by Gasteiger charge is -2.26. The van der Waals surface area contributed by atoms with Gasteiger partial charge in [-0.25, -0.2) is 4.98 Å². The van der Waals surface area contributed by atoms with Gasteiger partial charge in [-0.1, -0.05) is 0 Å². The molecule has 1 aromatic heterocycles. The summed E-state index contributed by atoms with van der Waals surface area (Å²) in [5.41, 5.74) is 6.36. The summed E-state index contributed by atoms with van der Waals surface area (Å²) in [5, 5.41) is 0. The van der Waals surface area contributed by atoms with Crippen molar-refractivity contribution in [1.29, 1.82) is 0 Å². The van der Waals surface area contributed by atoms with Gasteiger partial charge in [0.15, 0.2) is 5.69 Å². The third kappa shape index (κ3) is 2.21. The van der Waals surface area contributed by atoms with Crippen molar-refractivity contribution in [2.75, 3.05) is 30.3 Å². The Balaban J connectivity index is 2.14. The lowest BCUT2D eigenvalue weighted by Crippen LogP contribution is -2.42. The number of hydrogen-bond donors (Lipinski definition) is 1. The third-order valence-electron chi connectivity index (χ3n) is 2.51. The van der Waals surface area contributed by atoms with Crippen molar-refractivity contribution in [2.45, 2.75) is 0 Å². The fourth-order valence-corrected chi connectivity index (χ4v) is 2.64. The standard InChI is InChI=1S/C10H13N3O2S/c11-8-2-1-3-12-9(8)10(14)13-4-6-16(15)7-5-13/h1-3H,4-7,11H2. The van der Waals surface area contributed by atoms with E-state index in [4.69, 9.17) is 5.73 Å². The van der Waals surface area contributed by atoms with Gasteiger partial charge in [-0.15, -0.1) is 0 Å². The fraction of sp³-hybridized carbons (Fsp3) is 0.400. The van der Waals surface area contributed by atoms with Gasteiger partial charge in [-0.3, -0.25) is 9.00 Å². The topological polar surface area (TPSA) is 76.3 Å². The van der Waals surface area contributed by atoms with Gasteiger partial charge in [0, 0.05) is 41.6 Å². The van der Waals surface area contributed by atoms with Crippen LogP contribution in [0.1, 0.15) is 10.5 Å². The molecule has 1 amide bonds. The van der Waals surface area contributed by atoms with Crippen LogP contribution in [0.4, 0.5) is 5.69 Å². The first-order valence-electron chi connectivity index (χ1n) is 5.03. The lowest BCUT2D eigenvalue weighted by atomic mass is 10.2. The molecule has 6 heteroatoms. The molecule has 0 spiro atoms. The van der Waals surface area contributed by atoms with Crippen molar-refractivity contribution in [1.82, 2.24) is 9.88 Å². The molecule has 0 bridgehead atoms. The molecule has 2 N–H and O–H groups in total. The molecular weight excluding hydrogens is 226 g/mol. The minimum absolute atomic E-state index is 0.171. The van der Waals surface area contributed by atoms with Crippen molar-refractivity contribution in [3.63, 3.8) is 0 Å². The molecular formula is C10H13N3O2S. The van der Waals surface area contributed by atoms with Gasteiger partial charge >= 0.3 is 0 Å². The predicted molar refractivity (Wildman–Crippen MR) is 62.4 cm³/mol. The third-order valence-corrected chi connectivity index (χ3v) is 3.78. The zero-order chi connectivity index (χ0) is 11.5. The molecule has 1 fully saturated rings. The number of nitrogen functional groups attached to an aromatic ring is 1. The van der Waals surface area contributed by atoms with E-state index in [-0.39, 0.29) is 11.6 Å². The van der Waals surface area contributed by atoms with Gasteiger partial charge in [0.2, 0.25) is 0 Å². The van der Waals surface area contributed by atoms with Crippen LogP contribution < -0.4 is 5.73 Å². The van der Waals surface area contributed by atoms with E-state index < -0.39 is 10.8 Å². The van der Waals surface area contributed by atoms with Crippen molar-refractivity contribution >= 4 is 22.4 Å². The highest BCUT2D eigenvalue weighted by molar-refractivity contribution is 7.85. The van der Waals surface area contributed by atoms with Crippen molar-refractivity contribution in [2.24, 2.45) is 0 Å². The van der Waals surface area contributed by atoms with Gasteiger partial charge in [-0.05, 0) is 12.1 Å². The number of carbonyl (C=O) groups excluding carboxylic acids is 1. The van der Waals surface area contributed by atoms with Crippen molar-refractivity contribution in [3.05, 3.63) is 24.0 Å². The van der Waals surface area contributed by atoms with Crippen LogP contribution >= 0.6 is 0 Å². The van der Waals surface area contributed by atoms with E-state index in [1.165, 1.54) is 0 Å². The summed E-state index contributed by atoms with van der Waals surface area (Å²) >= 11 is 0. The maximum absolute atomic E-state index is 12.0. The number of rotatable bonds is 1. The number of nitrogens with zero attached hydrogens (tertiary/aromatic N) is 2. The summed E-state index contributed by atoms with van der Waals surface area (Å²) in [6, 6.07) is 3.35. The van der Waals surface area contributed by atoms with E-state index in [1.54, 1.807) is 23.2 Å². The second-order valence-electron chi connectivity index (χ2n) is 3.58. The number of amides is 1. The van der Waals surface area contributed by atoms with Crippen molar-refractivity contribution < 1.29 is 9.00 Å². The summed E-state index contributed by atoms with van der Waals surface area (Å²) in [5.74, 6) is 0.909. The Labute approximate surface area is 96.1 Å². The summed E-state index contributed by atoms with van der Waals surface area (Å²) in [4.78, 5) is 17.6. The zero-order valence-electron chi connectivity index (χ0n) is 8.76. The highest BCUT2D eigenvalue weighted by Gasteiger charge is 2.23. The van der Waals surface area contributed by atoms with Crippen LogP contribution in [-0.4, -0.2) is 44.6 Å². The Morgan fingerprint density at radius 2 is 2.12 bits per heavy atom. The molecule has 0 atom stereocenters. The highest BCUT2D eigenvalue weighted by atomic mass is 32.2. The molecule has 1 aliphatic rings. The number of carbonyl (C=O) groups is 1. The number of hydrogen-bond acceptors (Lipinski definition) is 4. The van der Waals surface area contributed by atoms with E-state index in [1.807, 2.05) is 0 Å². The Kier molecular flexibility index (Phi) is 3.19. The lowest BCUT2D eigenvalue weighted by molar-refractivity contribution is 0.0766. The van der Waals surface area contributed by atoms with Gasteiger partial charge in [0.1, 0.15) is 0 Å². The van der Waals surface area contributed by atoms with Crippen LogP contribution in [0.15, 0.2) is 18.3 Å². The quantitative estimate of drug-likeness (QED) is 0.740. The highest BCUT2D eigenvalue weighted by Crippen LogP contribution is 2.12. The molecule has 0 aliphatic carbocycles. The number of pyridine rings is 1. The predicted octanol–water partition coefficient (Wildman–Crippen LogP) is -0.132. The number of aromatic nitrogens is 1. The SMILES string of the molecule is Nc1cccnc1C(=O)N1CCS(=O)CC1. The zero-order valence-corrected chi connectivity index (χ0v) is 9.57. The molecule has 1 saturated heterocycles. The Bertz CT molecular complexity index is 426. The second-order valence-corrected chi connectivity index (χ2v) is 5.28. The molecule has 5 nitrogen and oxygen atoms in total. The molecule has 0 saturated carbocycles. The smallest absolute Gasteiger partial charge is 0.274 e. The van der Waals surface area contributed by atoms with Crippen LogP contribution in [0.5, 0.6) is 0 Å². The Hall–Kier alpha value is -1.43. The monoisotopic (exact) mass is 239 g/mol. The maximum atomic E-state index is 12.0. The molecule has 2 heterocycles. The van der Waals surface area contributed by atoms with E-state index in [2.05, 4.69) is 4.98 Å². The fourth-order valence-electron chi connectivity index (χ4n) is 1.59. The molecule has 1 aromatic rings. The molecule has 2 rings (SSSR count). The van der Waals surface area contributed by atoms with Crippen LogP contribution in [0.2, 0.25) is 0 Å². The molecule has 0 radical (unpaired) electrons. The van der Waals surface area contributed by atoms with Gasteiger partial charge in [0.05, 0.1) is 5.69 Å². The summed E-state index contributed by atoms with van der Waals surface area (Å²) in [7, 11) is -0.785. The molecule has 1 aliphatic heterocycles. The number of anilines is 1. The van der Waals surface area contributed by atoms with Gasteiger partial charge < -0.3 is 10.6 Å².